The van der Waals surface area contributed by atoms with Crippen LogP contribution in [-0.4, -0.2) is 27.1 Å². The fraction of sp³-hybridized carbons (Fsp3) is 0.538. The van der Waals surface area contributed by atoms with Crippen molar-refractivity contribution in [2.75, 3.05) is 6.61 Å². The molecule has 0 spiro atoms. The first-order valence-electron chi connectivity index (χ1n) is 11.4. The summed E-state index contributed by atoms with van der Waals surface area (Å²) in [5.41, 5.74) is 0. The van der Waals surface area contributed by atoms with Gasteiger partial charge in [-0.2, -0.15) is 0 Å². The summed E-state index contributed by atoms with van der Waals surface area (Å²) < 4.78 is 13.0. The molecule has 0 aromatic heterocycles. The van der Waals surface area contributed by atoms with E-state index in [0.717, 1.165) is 24.4 Å². The smallest absolute Gasteiger partial charge is 0.261 e. The van der Waals surface area contributed by atoms with Crippen LogP contribution in [0.4, 0.5) is 0 Å². The van der Waals surface area contributed by atoms with Crippen molar-refractivity contribution in [3.05, 3.63) is 60.7 Å². The lowest BCUT2D eigenvalue weighted by Crippen LogP contribution is -2.66. The quantitative estimate of drug-likeness (QED) is 0.527. The summed E-state index contributed by atoms with van der Waals surface area (Å²) in [6.07, 6.45) is 6.36. The van der Waals surface area contributed by atoms with E-state index in [4.69, 9.17) is 9.16 Å². The summed E-state index contributed by atoms with van der Waals surface area (Å²) >= 11 is 0. The Balaban J connectivity index is 1.43. The third kappa shape index (κ3) is 3.52. The maximum Gasteiger partial charge on any atom is 0.261 e. The Morgan fingerprint density at radius 3 is 1.72 bits per heavy atom. The SMILES string of the molecule is CC(C)(C)[Si](OC[C@H]1[C@@H]2CC[C@@H]3O[C@@H]3CC[C@@H]21)(c1ccccc1)c1ccccc1. The summed E-state index contributed by atoms with van der Waals surface area (Å²) in [5.74, 6) is 2.46. The van der Waals surface area contributed by atoms with Gasteiger partial charge in [-0.3, -0.25) is 0 Å². The average Bonchev–Trinajstić information content (AvgIpc) is 3.60. The maximum atomic E-state index is 7.21. The van der Waals surface area contributed by atoms with Gasteiger partial charge in [-0.25, -0.2) is 0 Å². The zero-order chi connectivity index (χ0) is 20.1. The van der Waals surface area contributed by atoms with Crippen LogP contribution in [0.3, 0.4) is 0 Å². The van der Waals surface area contributed by atoms with Crippen LogP contribution in [-0.2, 0) is 9.16 Å². The second-order valence-electron chi connectivity index (χ2n) is 10.3. The molecule has 5 rings (SSSR count). The van der Waals surface area contributed by atoms with Crippen LogP contribution in [0, 0.1) is 17.8 Å². The van der Waals surface area contributed by atoms with Gasteiger partial charge >= 0.3 is 0 Å². The van der Waals surface area contributed by atoms with Crippen molar-refractivity contribution in [1.29, 1.82) is 0 Å². The Morgan fingerprint density at radius 1 is 0.793 bits per heavy atom. The molecule has 29 heavy (non-hydrogen) atoms. The molecule has 2 saturated carbocycles. The van der Waals surface area contributed by atoms with Crippen molar-refractivity contribution in [1.82, 2.24) is 0 Å². The number of hydrogen-bond acceptors (Lipinski definition) is 2. The Labute approximate surface area is 176 Å². The van der Waals surface area contributed by atoms with Gasteiger partial charge in [0.15, 0.2) is 0 Å². The minimum absolute atomic E-state index is 0.0685. The highest BCUT2D eigenvalue weighted by molar-refractivity contribution is 6.99. The van der Waals surface area contributed by atoms with E-state index in [1.165, 1.54) is 36.1 Å². The van der Waals surface area contributed by atoms with Crippen LogP contribution in [0.25, 0.3) is 0 Å². The van der Waals surface area contributed by atoms with Crippen LogP contribution < -0.4 is 10.4 Å². The van der Waals surface area contributed by atoms with Gasteiger partial charge in [0.1, 0.15) is 0 Å². The van der Waals surface area contributed by atoms with Crippen LogP contribution >= 0.6 is 0 Å². The minimum atomic E-state index is -2.39. The predicted molar refractivity (Wildman–Crippen MR) is 121 cm³/mol. The van der Waals surface area contributed by atoms with Crippen molar-refractivity contribution in [2.24, 2.45) is 17.8 Å². The van der Waals surface area contributed by atoms with E-state index in [1.54, 1.807) is 0 Å². The van der Waals surface area contributed by atoms with Crippen molar-refractivity contribution in [2.45, 2.75) is 63.7 Å². The second kappa shape index (κ2) is 7.37. The molecular formula is C26H34O2Si. The fourth-order valence-electron chi connectivity index (χ4n) is 6.01. The van der Waals surface area contributed by atoms with Gasteiger partial charge < -0.3 is 9.16 Å². The van der Waals surface area contributed by atoms with Gasteiger partial charge in [-0.15, -0.1) is 0 Å². The molecule has 5 atom stereocenters. The number of hydrogen-bond donors (Lipinski definition) is 0. The van der Waals surface area contributed by atoms with Crippen molar-refractivity contribution in [3.63, 3.8) is 0 Å². The first-order chi connectivity index (χ1) is 14.0. The molecule has 2 aromatic carbocycles. The third-order valence-electron chi connectivity index (χ3n) is 7.67. The van der Waals surface area contributed by atoms with E-state index < -0.39 is 8.32 Å². The Kier molecular flexibility index (Phi) is 4.96. The highest BCUT2D eigenvalue weighted by Gasteiger charge is 2.56. The van der Waals surface area contributed by atoms with Gasteiger partial charge in [-0.05, 0) is 58.8 Å². The van der Waals surface area contributed by atoms with Crippen molar-refractivity contribution < 1.29 is 9.16 Å². The standard InChI is InChI=1S/C26H34O2Si/c1-26(2,3)29(19-10-6-4-7-11-19,20-12-8-5-9-13-20)27-18-23-21-14-16-24-25(28-24)17-15-22(21)23/h4-13,21-25H,14-18H2,1-3H3/t21-,22+,23+,24+,25-. The van der Waals surface area contributed by atoms with Gasteiger partial charge in [0, 0.05) is 6.61 Å². The van der Waals surface area contributed by atoms with Gasteiger partial charge in [0.25, 0.3) is 8.32 Å². The zero-order valence-electron chi connectivity index (χ0n) is 18.0. The first-order valence-corrected chi connectivity index (χ1v) is 13.3. The zero-order valence-corrected chi connectivity index (χ0v) is 19.0. The van der Waals surface area contributed by atoms with E-state index in [9.17, 15) is 0 Å². The third-order valence-corrected chi connectivity index (χ3v) is 12.7. The molecule has 2 aromatic rings. The fourth-order valence-corrected chi connectivity index (χ4v) is 10.6. The topological polar surface area (TPSA) is 21.8 Å². The summed E-state index contributed by atoms with van der Waals surface area (Å²) in [5, 5.41) is 2.86. The molecule has 0 amide bonds. The molecule has 0 radical (unpaired) electrons. The molecule has 154 valence electrons. The largest absolute Gasteiger partial charge is 0.407 e. The highest BCUT2D eigenvalue weighted by atomic mass is 28.4. The molecule has 0 N–H and O–H groups in total. The second-order valence-corrected chi connectivity index (χ2v) is 14.6. The number of epoxide rings is 1. The van der Waals surface area contributed by atoms with Crippen molar-refractivity contribution >= 4 is 18.7 Å². The number of fused-ring (bicyclic) bond motifs is 2. The predicted octanol–water partition coefficient (Wildman–Crippen LogP) is 4.77. The molecule has 3 fully saturated rings. The molecule has 0 bridgehead atoms. The van der Waals surface area contributed by atoms with Gasteiger partial charge in [-0.1, -0.05) is 81.4 Å². The van der Waals surface area contributed by atoms with Gasteiger partial charge in [0.2, 0.25) is 0 Å². The monoisotopic (exact) mass is 406 g/mol. The van der Waals surface area contributed by atoms with Crippen LogP contribution in [0.5, 0.6) is 0 Å². The van der Waals surface area contributed by atoms with E-state index in [2.05, 4.69) is 81.4 Å². The average molecular weight is 407 g/mol. The summed E-state index contributed by atoms with van der Waals surface area (Å²) in [6.45, 7) is 8.04. The molecule has 1 aliphatic heterocycles. The lowest BCUT2D eigenvalue weighted by Gasteiger charge is -2.43. The van der Waals surface area contributed by atoms with E-state index in [1.807, 2.05) is 0 Å². The molecule has 2 nitrogen and oxygen atoms in total. The first kappa shape index (κ1) is 19.5. The van der Waals surface area contributed by atoms with E-state index in [-0.39, 0.29) is 5.04 Å². The number of rotatable bonds is 5. The highest BCUT2D eigenvalue weighted by Crippen LogP contribution is 2.56. The van der Waals surface area contributed by atoms with Crippen LogP contribution in [0.15, 0.2) is 60.7 Å². The molecule has 3 heteroatoms. The van der Waals surface area contributed by atoms with E-state index >= 15 is 0 Å². The molecule has 0 unspecified atom stereocenters. The minimum Gasteiger partial charge on any atom is -0.407 e. The lowest BCUT2D eigenvalue weighted by molar-refractivity contribution is 0.264. The molecule has 1 heterocycles. The normalized spacial score (nSPS) is 31.2. The maximum absolute atomic E-state index is 7.21. The number of benzene rings is 2. The summed E-state index contributed by atoms with van der Waals surface area (Å²) in [7, 11) is -2.39. The molecular weight excluding hydrogens is 372 g/mol. The van der Waals surface area contributed by atoms with Crippen LogP contribution in [0.2, 0.25) is 5.04 Å². The Hall–Kier alpha value is -1.42. The molecule has 1 saturated heterocycles. The lowest BCUT2D eigenvalue weighted by atomic mass is 10.0. The van der Waals surface area contributed by atoms with E-state index in [0.29, 0.717) is 12.2 Å². The van der Waals surface area contributed by atoms with Crippen LogP contribution in [0.1, 0.15) is 46.5 Å². The molecule has 2 aliphatic carbocycles. The number of ether oxygens (including phenoxy) is 1. The summed E-state index contributed by atoms with van der Waals surface area (Å²) in [4.78, 5) is 0. The van der Waals surface area contributed by atoms with Crippen molar-refractivity contribution in [3.8, 4) is 0 Å². The molecule has 3 aliphatic rings. The Bertz CT molecular complexity index is 771. The summed E-state index contributed by atoms with van der Waals surface area (Å²) in [6, 6.07) is 22.1. The van der Waals surface area contributed by atoms with Gasteiger partial charge in [0.05, 0.1) is 12.2 Å². The Morgan fingerprint density at radius 2 is 1.28 bits per heavy atom.